The van der Waals surface area contributed by atoms with Gasteiger partial charge in [0.15, 0.2) is 15.8 Å². The molecule has 0 aliphatic carbocycles. The zero-order valence-electron chi connectivity index (χ0n) is 17.2. The summed E-state index contributed by atoms with van der Waals surface area (Å²) in [5, 5.41) is 6.13. The Morgan fingerprint density at radius 2 is 2.07 bits per heavy atom. The second-order valence-electron chi connectivity index (χ2n) is 7.28. The lowest BCUT2D eigenvalue weighted by atomic mass is 10.2. The zero-order valence-corrected chi connectivity index (χ0v) is 20.4. The van der Waals surface area contributed by atoms with Gasteiger partial charge in [0.2, 0.25) is 0 Å². The molecular weight excluding hydrogens is 510 g/mol. The normalized spacial score (nSPS) is 18.4. The van der Waals surface area contributed by atoms with Gasteiger partial charge >= 0.3 is 0 Å². The molecule has 1 unspecified atom stereocenters. The molecule has 1 aromatic carbocycles. The molecule has 166 valence electrons. The number of hydrogen-bond donors (Lipinski definition) is 2. The van der Waals surface area contributed by atoms with Gasteiger partial charge in [-0.2, -0.15) is 0 Å². The van der Waals surface area contributed by atoms with Crippen LogP contribution in [0.25, 0.3) is 0 Å². The second kappa shape index (κ2) is 12.7. The summed E-state index contributed by atoms with van der Waals surface area (Å²) in [5.41, 5.74) is 0. The molecule has 0 spiro atoms. The molecule has 0 aromatic heterocycles. The molecule has 0 amide bonds. The lowest BCUT2D eigenvalue weighted by molar-refractivity contribution is -0.0284. The first-order chi connectivity index (χ1) is 13.3. The maximum atomic E-state index is 13.7. The Hall–Kier alpha value is -0.980. The van der Waals surface area contributed by atoms with Crippen molar-refractivity contribution in [2.45, 2.75) is 24.8 Å². The van der Waals surface area contributed by atoms with Crippen LogP contribution in [0.1, 0.15) is 13.8 Å². The van der Waals surface area contributed by atoms with Crippen molar-refractivity contribution < 1.29 is 17.5 Å². The van der Waals surface area contributed by atoms with Crippen LogP contribution < -0.4 is 10.6 Å². The minimum absolute atomic E-state index is 0. The predicted octanol–water partition coefficient (Wildman–Crippen LogP) is 1.74. The van der Waals surface area contributed by atoms with Gasteiger partial charge in [0.05, 0.1) is 18.5 Å². The van der Waals surface area contributed by atoms with E-state index >= 15 is 0 Å². The van der Waals surface area contributed by atoms with E-state index in [1.54, 1.807) is 7.05 Å². The van der Waals surface area contributed by atoms with Gasteiger partial charge in [0.25, 0.3) is 0 Å². The van der Waals surface area contributed by atoms with Gasteiger partial charge in [-0.25, -0.2) is 12.8 Å². The number of nitrogens with one attached hydrogen (secondary N) is 2. The molecule has 1 saturated heterocycles. The highest BCUT2D eigenvalue weighted by Crippen LogP contribution is 2.14. The number of ether oxygens (including phenoxy) is 1. The number of hydrogen-bond acceptors (Lipinski definition) is 5. The fraction of sp³-hybridized carbons (Fsp3) is 0.632. The molecule has 0 bridgehead atoms. The van der Waals surface area contributed by atoms with Crippen molar-refractivity contribution in [1.29, 1.82) is 0 Å². The smallest absolute Gasteiger partial charge is 0.191 e. The van der Waals surface area contributed by atoms with Gasteiger partial charge in [-0.15, -0.1) is 24.0 Å². The molecule has 1 fully saturated rings. The van der Waals surface area contributed by atoms with E-state index in [4.69, 9.17) is 4.74 Å². The van der Waals surface area contributed by atoms with Crippen LogP contribution in [0, 0.1) is 11.7 Å². The minimum atomic E-state index is -3.70. The van der Waals surface area contributed by atoms with Crippen molar-refractivity contribution >= 4 is 39.8 Å². The molecule has 2 N–H and O–H groups in total. The Kier molecular flexibility index (Phi) is 11.4. The van der Waals surface area contributed by atoms with E-state index < -0.39 is 15.7 Å². The summed E-state index contributed by atoms with van der Waals surface area (Å²) < 4.78 is 44.1. The van der Waals surface area contributed by atoms with Gasteiger partial charge < -0.3 is 15.4 Å². The SMILES string of the molecule is CN=C(NCCS(=O)(=O)c1ccccc1F)NCC1CN(CC(C)C)CCO1.I. The average molecular weight is 542 g/mol. The van der Waals surface area contributed by atoms with Crippen LogP contribution in [0.4, 0.5) is 4.39 Å². The minimum Gasteiger partial charge on any atom is -0.374 e. The van der Waals surface area contributed by atoms with Crippen LogP contribution in [0.3, 0.4) is 0 Å². The molecule has 1 heterocycles. The highest BCUT2D eigenvalue weighted by Gasteiger charge is 2.21. The lowest BCUT2D eigenvalue weighted by Crippen LogP contribution is -2.50. The van der Waals surface area contributed by atoms with Crippen molar-refractivity contribution in [2.24, 2.45) is 10.9 Å². The Bertz CT molecular complexity index is 762. The predicted molar refractivity (Wildman–Crippen MR) is 124 cm³/mol. The van der Waals surface area contributed by atoms with E-state index in [0.717, 1.165) is 25.7 Å². The van der Waals surface area contributed by atoms with Gasteiger partial charge in [0, 0.05) is 39.8 Å². The first kappa shape index (κ1) is 26.1. The summed E-state index contributed by atoms with van der Waals surface area (Å²) in [5.74, 6) is 0.146. The van der Waals surface area contributed by atoms with E-state index in [2.05, 4.69) is 34.4 Å². The van der Waals surface area contributed by atoms with E-state index in [9.17, 15) is 12.8 Å². The number of aliphatic imine (C=N–C) groups is 1. The lowest BCUT2D eigenvalue weighted by Gasteiger charge is -2.34. The van der Waals surface area contributed by atoms with Crippen LogP contribution in [-0.4, -0.2) is 77.5 Å². The van der Waals surface area contributed by atoms with Crippen LogP contribution >= 0.6 is 24.0 Å². The number of nitrogens with zero attached hydrogens (tertiary/aromatic N) is 2. The Morgan fingerprint density at radius 1 is 1.34 bits per heavy atom. The second-order valence-corrected chi connectivity index (χ2v) is 9.35. The Labute approximate surface area is 190 Å². The van der Waals surface area contributed by atoms with E-state index in [1.807, 2.05) is 0 Å². The van der Waals surface area contributed by atoms with E-state index in [1.165, 1.54) is 18.2 Å². The van der Waals surface area contributed by atoms with Crippen molar-refractivity contribution in [3.63, 3.8) is 0 Å². The third-order valence-corrected chi connectivity index (χ3v) is 6.14. The first-order valence-electron chi connectivity index (χ1n) is 9.57. The van der Waals surface area contributed by atoms with Crippen LogP contribution in [0.2, 0.25) is 0 Å². The molecule has 1 aromatic rings. The molecular formula is C19H32FIN4O3S. The summed E-state index contributed by atoms with van der Waals surface area (Å²) in [6.45, 7) is 8.63. The quantitative estimate of drug-likeness (QED) is 0.296. The van der Waals surface area contributed by atoms with Crippen molar-refractivity contribution in [3.05, 3.63) is 30.1 Å². The number of morpholine rings is 1. The molecule has 0 radical (unpaired) electrons. The van der Waals surface area contributed by atoms with Crippen molar-refractivity contribution in [3.8, 4) is 0 Å². The third-order valence-electron chi connectivity index (χ3n) is 4.40. The van der Waals surface area contributed by atoms with Crippen molar-refractivity contribution in [1.82, 2.24) is 15.5 Å². The fourth-order valence-electron chi connectivity index (χ4n) is 3.13. The Balaban J connectivity index is 0.00000420. The fourth-order valence-corrected chi connectivity index (χ4v) is 4.37. The summed E-state index contributed by atoms with van der Waals surface area (Å²) in [6.07, 6.45) is 0.0493. The molecule has 10 heteroatoms. The largest absolute Gasteiger partial charge is 0.374 e. The Morgan fingerprint density at radius 3 is 2.72 bits per heavy atom. The summed E-state index contributed by atoms with van der Waals surface area (Å²) in [7, 11) is -2.08. The van der Waals surface area contributed by atoms with Gasteiger partial charge in [-0.3, -0.25) is 9.89 Å². The third kappa shape index (κ3) is 8.73. The van der Waals surface area contributed by atoms with Crippen LogP contribution in [0.15, 0.2) is 34.2 Å². The summed E-state index contributed by atoms with van der Waals surface area (Å²) in [6, 6.07) is 5.40. The van der Waals surface area contributed by atoms with E-state index in [0.29, 0.717) is 25.0 Å². The maximum Gasteiger partial charge on any atom is 0.191 e. The zero-order chi connectivity index (χ0) is 20.6. The molecule has 0 saturated carbocycles. The van der Waals surface area contributed by atoms with Crippen LogP contribution in [-0.2, 0) is 14.6 Å². The molecule has 1 aliphatic heterocycles. The summed E-state index contributed by atoms with van der Waals surface area (Å²) >= 11 is 0. The number of guanidine groups is 1. The van der Waals surface area contributed by atoms with Gasteiger partial charge in [-0.1, -0.05) is 26.0 Å². The monoisotopic (exact) mass is 542 g/mol. The topological polar surface area (TPSA) is 83.0 Å². The standard InChI is InChI=1S/C19H31FN4O3S.HI/c1-15(2)13-24-9-10-27-16(14-24)12-23-19(21-3)22-8-11-28(25,26)18-7-5-4-6-17(18)20;/h4-7,15-16H,8-14H2,1-3H3,(H2,21,22,23);1H. The van der Waals surface area contributed by atoms with Crippen molar-refractivity contribution in [2.75, 3.05) is 52.1 Å². The van der Waals surface area contributed by atoms with Gasteiger partial charge in [0.1, 0.15) is 10.7 Å². The molecule has 29 heavy (non-hydrogen) atoms. The molecule has 2 rings (SSSR count). The summed E-state index contributed by atoms with van der Waals surface area (Å²) in [4.78, 5) is 6.22. The highest BCUT2D eigenvalue weighted by molar-refractivity contribution is 14.0. The van der Waals surface area contributed by atoms with Crippen LogP contribution in [0.5, 0.6) is 0 Å². The van der Waals surface area contributed by atoms with Gasteiger partial charge in [-0.05, 0) is 18.1 Å². The number of rotatable bonds is 8. The molecule has 7 nitrogen and oxygen atoms in total. The molecule has 1 aliphatic rings. The maximum absolute atomic E-state index is 13.7. The van der Waals surface area contributed by atoms with E-state index in [-0.39, 0.29) is 47.3 Å². The first-order valence-corrected chi connectivity index (χ1v) is 11.2. The number of halogens is 2. The number of sulfone groups is 1. The average Bonchev–Trinajstić information content (AvgIpc) is 2.64. The molecule has 1 atom stereocenters. The number of benzene rings is 1. The highest BCUT2D eigenvalue weighted by atomic mass is 127.